The highest BCUT2D eigenvalue weighted by molar-refractivity contribution is 7.89. The van der Waals surface area contributed by atoms with Gasteiger partial charge >= 0.3 is 0 Å². The molecule has 0 heterocycles. The SMILES string of the molecule is Nc1cc(S(N)(=O)=O)ccc1NCC1(CCO)CC1. The predicted molar refractivity (Wildman–Crippen MR) is 74.1 cm³/mol. The van der Waals surface area contributed by atoms with Crippen molar-refractivity contribution in [2.24, 2.45) is 10.6 Å². The topological polar surface area (TPSA) is 118 Å². The largest absolute Gasteiger partial charge is 0.397 e. The Morgan fingerprint density at radius 2 is 2.05 bits per heavy atom. The van der Waals surface area contributed by atoms with E-state index in [1.165, 1.54) is 12.1 Å². The second-order valence-electron chi connectivity index (χ2n) is 5.12. The molecule has 0 unspecified atom stereocenters. The molecule has 6 nitrogen and oxygen atoms in total. The zero-order chi connectivity index (χ0) is 14.1. The lowest BCUT2D eigenvalue weighted by Gasteiger charge is -2.17. The summed E-state index contributed by atoms with van der Waals surface area (Å²) in [6.07, 6.45) is 2.96. The van der Waals surface area contributed by atoms with Crippen LogP contribution in [0.15, 0.2) is 23.1 Å². The number of rotatable bonds is 6. The van der Waals surface area contributed by atoms with Crippen LogP contribution < -0.4 is 16.2 Å². The molecule has 1 aliphatic rings. The van der Waals surface area contributed by atoms with Crippen LogP contribution in [0, 0.1) is 5.41 Å². The highest BCUT2D eigenvalue weighted by Gasteiger charge is 2.41. The molecule has 2 rings (SSSR count). The van der Waals surface area contributed by atoms with Crippen LogP contribution in [0.5, 0.6) is 0 Å². The molecule has 19 heavy (non-hydrogen) atoms. The number of aliphatic hydroxyl groups is 1. The van der Waals surface area contributed by atoms with E-state index in [4.69, 9.17) is 16.0 Å². The lowest BCUT2D eigenvalue weighted by Crippen LogP contribution is -2.18. The number of nitrogens with one attached hydrogen (secondary N) is 1. The number of sulfonamides is 1. The first-order valence-electron chi connectivity index (χ1n) is 6.13. The Balaban J connectivity index is 2.06. The van der Waals surface area contributed by atoms with Gasteiger partial charge in [0.15, 0.2) is 0 Å². The summed E-state index contributed by atoms with van der Waals surface area (Å²) in [7, 11) is -3.72. The summed E-state index contributed by atoms with van der Waals surface area (Å²) in [4.78, 5) is 0.00652. The van der Waals surface area contributed by atoms with Gasteiger partial charge in [-0.05, 0) is 42.9 Å². The molecule has 106 valence electrons. The zero-order valence-electron chi connectivity index (χ0n) is 10.6. The average molecular weight is 285 g/mol. The second-order valence-corrected chi connectivity index (χ2v) is 6.68. The van der Waals surface area contributed by atoms with E-state index in [1.807, 2.05) is 0 Å². The van der Waals surface area contributed by atoms with Gasteiger partial charge in [0.05, 0.1) is 16.3 Å². The number of hydrogen-bond donors (Lipinski definition) is 4. The third-order valence-electron chi connectivity index (χ3n) is 3.60. The molecule has 1 saturated carbocycles. The van der Waals surface area contributed by atoms with E-state index in [2.05, 4.69) is 5.32 Å². The van der Waals surface area contributed by atoms with Crippen molar-refractivity contribution in [1.29, 1.82) is 0 Å². The lowest BCUT2D eigenvalue weighted by atomic mass is 10.0. The smallest absolute Gasteiger partial charge is 0.238 e. The fraction of sp³-hybridized carbons (Fsp3) is 0.500. The molecule has 0 aromatic heterocycles. The first-order valence-corrected chi connectivity index (χ1v) is 7.68. The van der Waals surface area contributed by atoms with Crippen molar-refractivity contribution in [2.45, 2.75) is 24.2 Å². The van der Waals surface area contributed by atoms with Crippen LogP contribution in [0.2, 0.25) is 0 Å². The van der Waals surface area contributed by atoms with Gasteiger partial charge in [0.2, 0.25) is 10.0 Å². The molecule has 1 aromatic carbocycles. The maximum absolute atomic E-state index is 11.2. The normalized spacial score (nSPS) is 17.2. The van der Waals surface area contributed by atoms with Crippen molar-refractivity contribution >= 4 is 21.4 Å². The number of anilines is 2. The van der Waals surface area contributed by atoms with Gasteiger partial charge in [0, 0.05) is 13.2 Å². The van der Waals surface area contributed by atoms with E-state index in [0.29, 0.717) is 11.4 Å². The number of nitrogen functional groups attached to an aromatic ring is 1. The summed E-state index contributed by atoms with van der Waals surface area (Å²) < 4.78 is 22.4. The third kappa shape index (κ3) is 3.37. The van der Waals surface area contributed by atoms with Crippen LogP contribution >= 0.6 is 0 Å². The molecular weight excluding hydrogens is 266 g/mol. The summed E-state index contributed by atoms with van der Waals surface area (Å²) in [6.45, 7) is 0.911. The van der Waals surface area contributed by atoms with Gasteiger partial charge < -0.3 is 16.2 Å². The van der Waals surface area contributed by atoms with Crippen molar-refractivity contribution in [1.82, 2.24) is 0 Å². The van der Waals surface area contributed by atoms with E-state index in [9.17, 15) is 8.42 Å². The number of hydrogen-bond acceptors (Lipinski definition) is 5. The lowest BCUT2D eigenvalue weighted by molar-refractivity contribution is 0.253. The summed E-state index contributed by atoms with van der Waals surface area (Å²) in [6, 6.07) is 4.40. The van der Waals surface area contributed by atoms with Crippen LogP contribution in [0.1, 0.15) is 19.3 Å². The monoisotopic (exact) mass is 285 g/mol. The van der Waals surface area contributed by atoms with Gasteiger partial charge in [0.1, 0.15) is 0 Å². The molecule has 1 aromatic rings. The minimum absolute atomic E-state index is 0.00652. The molecule has 0 amide bonds. The molecule has 0 saturated heterocycles. The number of benzene rings is 1. The van der Waals surface area contributed by atoms with Crippen molar-refractivity contribution in [3.63, 3.8) is 0 Å². The number of aliphatic hydroxyl groups excluding tert-OH is 1. The number of primary sulfonamides is 1. The molecule has 0 radical (unpaired) electrons. The molecule has 6 N–H and O–H groups in total. The maximum Gasteiger partial charge on any atom is 0.238 e. The fourth-order valence-corrected chi connectivity index (χ4v) is 2.64. The summed E-state index contributed by atoms with van der Waals surface area (Å²) >= 11 is 0. The Kier molecular flexibility index (Phi) is 3.71. The summed E-state index contributed by atoms with van der Waals surface area (Å²) in [5.41, 5.74) is 7.02. The Labute approximate surface area is 112 Å². The molecule has 0 atom stereocenters. The van der Waals surface area contributed by atoms with Crippen molar-refractivity contribution in [2.75, 3.05) is 24.2 Å². The standard InChI is InChI=1S/C12H19N3O3S/c13-10-7-9(19(14,17)18)1-2-11(10)15-8-12(3-4-12)5-6-16/h1-2,7,15-16H,3-6,8,13H2,(H2,14,17,18). The van der Waals surface area contributed by atoms with Crippen LogP contribution in [-0.2, 0) is 10.0 Å². The molecule has 1 aliphatic carbocycles. The van der Waals surface area contributed by atoms with Gasteiger partial charge in [-0.1, -0.05) is 0 Å². The van der Waals surface area contributed by atoms with E-state index in [1.54, 1.807) is 6.07 Å². The van der Waals surface area contributed by atoms with Gasteiger partial charge in [-0.3, -0.25) is 0 Å². The molecule has 0 aliphatic heterocycles. The number of nitrogens with two attached hydrogens (primary N) is 2. The molecule has 0 bridgehead atoms. The first kappa shape index (κ1) is 14.1. The Bertz CT molecular complexity index is 568. The minimum atomic E-state index is -3.72. The van der Waals surface area contributed by atoms with Crippen molar-refractivity contribution in [3.05, 3.63) is 18.2 Å². The fourth-order valence-electron chi connectivity index (χ4n) is 2.09. The quantitative estimate of drug-likeness (QED) is 0.567. The molecular formula is C12H19N3O3S. The average Bonchev–Trinajstić information content (AvgIpc) is 3.07. The zero-order valence-corrected chi connectivity index (χ0v) is 11.4. The maximum atomic E-state index is 11.2. The van der Waals surface area contributed by atoms with Gasteiger partial charge in [-0.25, -0.2) is 13.6 Å². The third-order valence-corrected chi connectivity index (χ3v) is 4.52. The van der Waals surface area contributed by atoms with Crippen LogP contribution in [0.4, 0.5) is 11.4 Å². The predicted octanol–water partition coefficient (Wildman–Crippen LogP) is 0.491. The van der Waals surface area contributed by atoms with Gasteiger partial charge in [-0.15, -0.1) is 0 Å². The Morgan fingerprint density at radius 3 is 2.53 bits per heavy atom. The Hall–Kier alpha value is -1.31. The van der Waals surface area contributed by atoms with Gasteiger partial charge in [0.25, 0.3) is 0 Å². The van der Waals surface area contributed by atoms with Crippen LogP contribution in [0.25, 0.3) is 0 Å². The molecule has 0 spiro atoms. The molecule has 7 heteroatoms. The van der Waals surface area contributed by atoms with Crippen LogP contribution in [-0.4, -0.2) is 26.7 Å². The minimum Gasteiger partial charge on any atom is -0.397 e. The van der Waals surface area contributed by atoms with Crippen molar-refractivity contribution < 1.29 is 13.5 Å². The summed E-state index contributed by atoms with van der Waals surface area (Å²) in [5.74, 6) is 0. The van der Waals surface area contributed by atoms with Gasteiger partial charge in [-0.2, -0.15) is 0 Å². The highest BCUT2D eigenvalue weighted by Crippen LogP contribution is 2.48. The highest BCUT2D eigenvalue weighted by atomic mass is 32.2. The van der Waals surface area contributed by atoms with Crippen molar-refractivity contribution in [3.8, 4) is 0 Å². The molecule has 1 fully saturated rings. The Morgan fingerprint density at radius 1 is 1.37 bits per heavy atom. The first-order chi connectivity index (χ1) is 8.86. The van der Waals surface area contributed by atoms with E-state index < -0.39 is 10.0 Å². The second kappa shape index (κ2) is 4.99. The van der Waals surface area contributed by atoms with E-state index in [-0.39, 0.29) is 16.9 Å². The van der Waals surface area contributed by atoms with E-state index in [0.717, 1.165) is 25.8 Å². The summed E-state index contributed by atoms with van der Waals surface area (Å²) in [5, 5.41) is 17.2. The van der Waals surface area contributed by atoms with E-state index >= 15 is 0 Å². The van der Waals surface area contributed by atoms with Crippen LogP contribution in [0.3, 0.4) is 0 Å².